The molecule has 3 rings (SSSR count). The van der Waals surface area contributed by atoms with Crippen LogP contribution in [0, 0.1) is 5.92 Å². The fourth-order valence-corrected chi connectivity index (χ4v) is 3.48. The summed E-state index contributed by atoms with van der Waals surface area (Å²) in [5.74, 6) is 0.271. The van der Waals surface area contributed by atoms with E-state index in [2.05, 4.69) is 60.8 Å². The van der Waals surface area contributed by atoms with Gasteiger partial charge in [0.05, 0.1) is 6.10 Å². The number of nitrogens with one attached hydrogen (secondary N) is 1. The zero-order chi connectivity index (χ0) is 14.7. The molecule has 2 N–H and O–H groups in total. The summed E-state index contributed by atoms with van der Waals surface area (Å²) in [6.45, 7) is 2.16. The first-order valence-electron chi connectivity index (χ1n) is 7.83. The number of rotatable bonds is 3. The predicted octanol–water partition coefficient (Wildman–Crippen LogP) is 3.85. The Morgan fingerprint density at radius 2 is 1.52 bits per heavy atom. The maximum atomic E-state index is 10.6. The quantitative estimate of drug-likeness (QED) is 0.895. The molecule has 0 aromatic heterocycles. The van der Waals surface area contributed by atoms with Crippen molar-refractivity contribution < 1.29 is 5.11 Å². The molecule has 21 heavy (non-hydrogen) atoms. The highest BCUT2D eigenvalue weighted by Crippen LogP contribution is 2.38. The van der Waals surface area contributed by atoms with Crippen LogP contribution in [0.15, 0.2) is 60.7 Å². The average molecular weight is 281 g/mol. The van der Waals surface area contributed by atoms with Gasteiger partial charge in [-0.15, -0.1) is 0 Å². The van der Waals surface area contributed by atoms with E-state index in [0.29, 0.717) is 0 Å². The van der Waals surface area contributed by atoms with Gasteiger partial charge < -0.3 is 10.4 Å². The number of benzene rings is 2. The molecule has 0 aliphatic carbocycles. The number of hydrogen-bond donors (Lipinski definition) is 2. The third-order valence-electron chi connectivity index (χ3n) is 4.61. The van der Waals surface area contributed by atoms with E-state index in [-0.39, 0.29) is 24.1 Å². The van der Waals surface area contributed by atoms with Gasteiger partial charge in [-0.3, -0.25) is 0 Å². The summed E-state index contributed by atoms with van der Waals surface area (Å²) >= 11 is 0. The summed E-state index contributed by atoms with van der Waals surface area (Å²) in [6, 6.07) is 21.4. The Labute approximate surface area is 126 Å². The zero-order valence-electron chi connectivity index (χ0n) is 12.4. The van der Waals surface area contributed by atoms with Crippen LogP contribution in [-0.2, 0) is 0 Å². The molecule has 110 valence electrons. The van der Waals surface area contributed by atoms with Crippen LogP contribution in [0.3, 0.4) is 0 Å². The molecule has 0 amide bonds. The molecule has 0 radical (unpaired) electrons. The van der Waals surface area contributed by atoms with E-state index in [1.165, 1.54) is 11.1 Å². The Morgan fingerprint density at radius 3 is 2.10 bits per heavy atom. The molecule has 0 unspecified atom stereocenters. The van der Waals surface area contributed by atoms with Crippen molar-refractivity contribution in [3.05, 3.63) is 71.8 Å². The van der Waals surface area contributed by atoms with Crippen LogP contribution < -0.4 is 5.32 Å². The Morgan fingerprint density at radius 1 is 0.952 bits per heavy atom. The summed E-state index contributed by atoms with van der Waals surface area (Å²) in [5.41, 5.74) is 2.52. The van der Waals surface area contributed by atoms with Gasteiger partial charge in [0.15, 0.2) is 0 Å². The van der Waals surface area contributed by atoms with E-state index in [1.54, 1.807) is 0 Å². The fraction of sp³-hybridized carbons (Fsp3) is 0.368. The van der Waals surface area contributed by atoms with Crippen molar-refractivity contribution in [3.63, 3.8) is 0 Å². The maximum Gasteiger partial charge on any atom is 0.0604 e. The van der Waals surface area contributed by atoms with Crippen LogP contribution in [0.4, 0.5) is 0 Å². The van der Waals surface area contributed by atoms with Gasteiger partial charge in [0, 0.05) is 18.0 Å². The molecule has 2 aromatic carbocycles. The standard InChI is InChI=1S/C19H23NO/c1-2-16-18(21)13-17(14-9-5-3-6-10-14)20-19(16)15-11-7-4-8-12-15/h3-12,16-21H,2,13H2,1H3/t16-,17-,18-,19+/m0/s1. The monoisotopic (exact) mass is 281 g/mol. The third kappa shape index (κ3) is 3.02. The molecule has 1 saturated heterocycles. The maximum absolute atomic E-state index is 10.6. The topological polar surface area (TPSA) is 32.3 Å². The highest BCUT2D eigenvalue weighted by atomic mass is 16.3. The number of piperidine rings is 1. The van der Waals surface area contributed by atoms with Gasteiger partial charge in [-0.25, -0.2) is 0 Å². The highest BCUT2D eigenvalue weighted by molar-refractivity contribution is 5.25. The van der Waals surface area contributed by atoms with Gasteiger partial charge in [-0.2, -0.15) is 0 Å². The van der Waals surface area contributed by atoms with Crippen LogP contribution in [0.2, 0.25) is 0 Å². The summed E-state index contributed by atoms with van der Waals surface area (Å²) in [6.07, 6.45) is 1.51. The molecule has 2 aromatic rings. The first-order valence-corrected chi connectivity index (χ1v) is 7.83. The average Bonchev–Trinajstić information content (AvgIpc) is 2.55. The first kappa shape index (κ1) is 14.3. The van der Waals surface area contributed by atoms with Crippen LogP contribution in [0.1, 0.15) is 43.0 Å². The van der Waals surface area contributed by atoms with Gasteiger partial charge in [-0.1, -0.05) is 67.6 Å². The lowest BCUT2D eigenvalue weighted by Crippen LogP contribution is -2.44. The van der Waals surface area contributed by atoms with E-state index in [1.807, 2.05) is 12.1 Å². The van der Waals surface area contributed by atoms with Gasteiger partial charge in [0.2, 0.25) is 0 Å². The Hall–Kier alpha value is -1.64. The molecule has 1 heterocycles. The summed E-state index contributed by atoms with van der Waals surface area (Å²) in [4.78, 5) is 0. The molecule has 2 nitrogen and oxygen atoms in total. The largest absolute Gasteiger partial charge is 0.393 e. The lowest BCUT2D eigenvalue weighted by Gasteiger charge is -2.41. The van der Waals surface area contributed by atoms with Crippen molar-refractivity contribution >= 4 is 0 Å². The fourth-order valence-electron chi connectivity index (χ4n) is 3.48. The van der Waals surface area contributed by atoms with Gasteiger partial charge >= 0.3 is 0 Å². The van der Waals surface area contributed by atoms with E-state index >= 15 is 0 Å². The minimum atomic E-state index is -0.258. The molecule has 1 aliphatic rings. The second-order valence-corrected chi connectivity index (χ2v) is 5.89. The van der Waals surface area contributed by atoms with Crippen LogP contribution in [-0.4, -0.2) is 11.2 Å². The van der Waals surface area contributed by atoms with Crippen molar-refractivity contribution in [2.45, 2.75) is 38.0 Å². The van der Waals surface area contributed by atoms with Crippen molar-refractivity contribution in [2.75, 3.05) is 0 Å². The number of hydrogen-bond acceptors (Lipinski definition) is 2. The Kier molecular flexibility index (Phi) is 4.37. The lowest BCUT2D eigenvalue weighted by molar-refractivity contribution is 0.0290. The lowest BCUT2D eigenvalue weighted by atomic mass is 9.78. The Bertz CT molecular complexity index is 554. The zero-order valence-corrected chi connectivity index (χ0v) is 12.4. The van der Waals surface area contributed by atoms with Crippen LogP contribution in [0.25, 0.3) is 0 Å². The highest BCUT2D eigenvalue weighted by Gasteiger charge is 2.36. The van der Waals surface area contributed by atoms with Crippen molar-refractivity contribution in [1.82, 2.24) is 5.32 Å². The van der Waals surface area contributed by atoms with Crippen molar-refractivity contribution in [2.24, 2.45) is 5.92 Å². The first-order chi connectivity index (χ1) is 10.3. The summed E-state index contributed by atoms with van der Waals surface area (Å²) in [7, 11) is 0. The molecule has 4 atom stereocenters. The van der Waals surface area contributed by atoms with Gasteiger partial charge in [-0.05, 0) is 24.0 Å². The molecule has 0 bridgehead atoms. The van der Waals surface area contributed by atoms with E-state index in [4.69, 9.17) is 0 Å². The Balaban J connectivity index is 1.89. The molecule has 1 aliphatic heterocycles. The molecule has 0 spiro atoms. The normalized spacial score (nSPS) is 29.2. The molecular weight excluding hydrogens is 258 g/mol. The minimum Gasteiger partial charge on any atom is -0.393 e. The second-order valence-electron chi connectivity index (χ2n) is 5.89. The second kappa shape index (κ2) is 6.42. The van der Waals surface area contributed by atoms with Crippen LogP contribution >= 0.6 is 0 Å². The molecular formula is C19H23NO. The van der Waals surface area contributed by atoms with E-state index < -0.39 is 0 Å². The SMILES string of the molecule is CC[C@@H]1[C@@H](c2ccccc2)N[C@H](c2ccccc2)C[C@@H]1O. The smallest absolute Gasteiger partial charge is 0.0604 e. The van der Waals surface area contributed by atoms with Crippen LogP contribution in [0.5, 0.6) is 0 Å². The molecule has 0 saturated carbocycles. The summed E-state index contributed by atoms with van der Waals surface area (Å²) in [5, 5.41) is 14.3. The molecule has 2 heteroatoms. The van der Waals surface area contributed by atoms with Crippen molar-refractivity contribution in [1.29, 1.82) is 0 Å². The number of aliphatic hydroxyl groups is 1. The molecule has 1 fully saturated rings. The third-order valence-corrected chi connectivity index (χ3v) is 4.61. The predicted molar refractivity (Wildman–Crippen MR) is 85.9 cm³/mol. The van der Waals surface area contributed by atoms with Gasteiger partial charge in [0.25, 0.3) is 0 Å². The van der Waals surface area contributed by atoms with E-state index in [9.17, 15) is 5.11 Å². The van der Waals surface area contributed by atoms with Crippen molar-refractivity contribution in [3.8, 4) is 0 Å². The minimum absolute atomic E-state index is 0.213. The number of aliphatic hydroxyl groups excluding tert-OH is 1. The summed E-state index contributed by atoms with van der Waals surface area (Å²) < 4.78 is 0. The van der Waals surface area contributed by atoms with Gasteiger partial charge in [0.1, 0.15) is 0 Å². The van der Waals surface area contributed by atoms with E-state index in [0.717, 1.165) is 12.8 Å².